The monoisotopic (exact) mass is 489 g/mol. The first-order chi connectivity index (χ1) is 12.9. The van der Waals surface area contributed by atoms with Crippen molar-refractivity contribution >= 4 is 55.1 Å². The van der Waals surface area contributed by atoms with Crippen LogP contribution in [0.3, 0.4) is 0 Å². The summed E-state index contributed by atoms with van der Waals surface area (Å²) in [7, 11) is 1.25. The van der Waals surface area contributed by atoms with Crippen molar-refractivity contribution in [3.8, 4) is 11.5 Å². The summed E-state index contributed by atoms with van der Waals surface area (Å²) in [5.41, 5.74) is 17.1. The Morgan fingerprint density at radius 3 is 1.87 bits per heavy atom. The summed E-state index contributed by atoms with van der Waals surface area (Å²) in [5, 5.41) is 0. The van der Waals surface area contributed by atoms with E-state index in [0.717, 1.165) is 0 Å². The Morgan fingerprint density at radius 1 is 0.900 bits per heavy atom. The number of hydrogen-bond donors (Lipinski definition) is 3. The molecule has 0 radical (unpaired) electrons. The highest BCUT2D eigenvalue weighted by atomic mass is 35.5. The van der Waals surface area contributed by atoms with Gasteiger partial charge in [0.2, 0.25) is 0 Å². The lowest BCUT2D eigenvalue weighted by atomic mass is 10.1. The number of benzene rings is 1. The second-order valence-corrected chi connectivity index (χ2v) is 5.85. The van der Waals surface area contributed by atoms with Crippen molar-refractivity contribution in [3.63, 3.8) is 0 Å². The van der Waals surface area contributed by atoms with Crippen LogP contribution in [0.1, 0.15) is 31.2 Å². The molecule has 0 saturated carbocycles. The van der Waals surface area contributed by atoms with E-state index in [2.05, 4.69) is 4.74 Å². The number of halogens is 3. The molecule has 0 saturated heterocycles. The number of esters is 3. The van der Waals surface area contributed by atoms with E-state index in [9.17, 15) is 14.4 Å². The Bertz CT molecular complexity index is 664. The van der Waals surface area contributed by atoms with Crippen molar-refractivity contribution in [2.24, 2.45) is 17.2 Å². The van der Waals surface area contributed by atoms with Gasteiger partial charge in [0.1, 0.15) is 6.04 Å². The van der Waals surface area contributed by atoms with E-state index in [-0.39, 0.29) is 68.0 Å². The van der Waals surface area contributed by atoms with Gasteiger partial charge in [-0.2, -0.15) is 0 Å². The van der Waals surface area contributed by atoms with Crippen molar-refractivity contribution in [3.05, 3.63) is 23.8 Å². The molecule has 0 aliphatic carbocycles. The highest BCUT2D eigenvalue weighted by Crippen LogP contribution is 2.30. The van der Waals surface area contributed by atoms with Gasteiger partial charge >= 0.3 is 17.9 Å². The third-order valence-corrected chi connectivity index (χ3v) is 3.59. The van der Waals surface area contributed by atoms with Crippen LogP contribution in [-0.4, -0.2) is 44.1 Å². The summed E-state index contributed by atoms with van der Waals surface area (Å²) in [6.45, 7) is 0.713. The molecule has 1 atom stereocenters. The van der Waals surface area contributed by atoms with Crippen LogP contribution in [0.5, 0.6) is 11.5 Å². The second kappa shape index (κ2) is 18.2. The minimum atomic E-state index is -0.867. The zero-order valence-electron chi connectivity index (χ0n) is 16.7. The zero-order valence-corrected chi connectivity index (χ0v) is 19.1. The third-order valence-electron chi connectivity index (χ3n) is 3.59. The van der Waals surface area contributed by atoms with Crippen LogP contribution in [0, 0.1) is 0 Å². The van der Waals surface area contributed by atoms with Crippen molar-refractivity contribution < 1.29 is 28.6 Å². The van der Waals surface area contributed by atoms with Gasteiger partial charge in [-0.3, -0.25) is 14.4 Å². The predicted octanol–water partition coefficient (Wildman–Crippen LogP) is 1.28. The Labute approximate surface area is 194 Å². The van der Waals surface area contributed by atoms with Crippen molar-refractivity contribution in [1.29, 1.82) is 0 Å². The minimum Gasteiger partial charge on any atom is -0.468 e. The minimum absolute atomic E-state index is 0. The maximum Gasteiger partial charge on any atom is 0.322 e. The standard InChI is InChI=1S/C18H27N3O6.3ClH/c1-25-18(24)13(21)10-12-6-7-14(26-16(22)4-2-8-19)15(11-12)27-17(23)5-3-9-20;;;/h6-7,11,13H,2-5,8-10,19-21H2,1H3;3*1H. The lowest BCUT2D eigenvalue weighted by molar-refractivity contribution is -0.142. The second-order valence-electron chi connectivity index (χ2n) is 5.85. The molecule has 0 aliphatic heterocycles. The molecule has 0 spiro atoms. The number of carbonyl (C=O) groups is 3. The number of methoxy groups -OCH3 is 1. The van der Waals surface area contributed by atoms with E-state index < -0.39 is 23.9 Å². The van der Waals surface area contributed by atoms with E-state index in [0.29, 0.717) is 31.5 Å². The molecule has 0 aromatic heterocycles. The molecule has 6 N–H and O–H groups in total. The first kappa shape index (κ1) is 33.0. The van der Waals surface area contributed by atoms with E-state index >= 15 is 0 Å². The smallest absolute Gasteiger partial charge is 0.322 e. The fourth-order valence-electron chi connectivity index (χ4n) is 2.17. The lowest BCUT2D eigenvalue weighted by Crippen LogP contribution is -2.33. The van der Waals surface area contributed by atoms with Gasteiger partial charge in [-0.05, 0) is 50.0 Å². The number of nitrogens with two attached hydrogens (primary N) is 3. The average Bonchev–Trinajstić information content (AvgIpc) is 2.65. The Morgan fingerprint density at radius 2 is 1.40 bits per heavy atom. The van der Waals surface area contributed by atoms with Gasteiger partial charge < -0.3 is 31.4 Å². The quantitative estimate of drug-likeness (QED) is 0.307. The third kappa shape index (κ3) is 12.2. The van der Waals surface area contributed by atoms with Crippen LogP contribution >= 0.6 is 37.2 Å². The van der Waals surface area contributed by atoms with E-state index in [1.54, 1.807) is 6.07 Å². The van der Waals surface area contributed by atoms with Crippen molar-refractivity contribution in [2.45, 2.75) is 38.1 Å². The van der Waals surface area contributed by atoms with Crippen LogP contribution in [0.25, 0.3) is 0 Å². The largest absolute Gasteiger partial charge is 0.468 e. The predicted molar refractivity (Wildman–Crippen MR) is 120 cm³/mol. The zero-order chi connectivity index (χ0) is 20.2. The van der Waals surface area contributed by atoms with Gasteiger partial charge in [-0.15, -0.1) is 37.2 Å². The molecule has 1 rings (SSSR count). The molecular formula is C18H30Cl3N3O6. The van der Waals surface area contributed by atoms with Gasteiger partial charge in [0.25, 0.3) is 0 Å². The summed E-state index contributed by atoms with van der Waals surface area (Å²) < 4.78 is 15.2. The SMILES string of the molecule is COC(=O)C(N)Cc1ccc(OC(=O)CCCN)c(OC(=O)CCCN)c1.Cl.Cl.Cl. The highest BCUT2D eigenvalue weighted by molar-refractivity contribution is 5.86. The molecule has 0 bridgehead atoms. The topological polar surface area (TPSA) is 157 Å². The Balaban J connectivity index is -0.00000243. The first-order valence-electron chi connectivity index (χ1n) is 8.69. The molecule has 30 heavy (non-hydrogen) atoms. The highest BCUT2D eigenvalue weighted by Gasteiger charge is 2.18. The van der Waals surface area contributed by atoms with E-state index in [1.807, 2.05) is 0 Å². The summed E-state index contributed by atoms with van der Waals surface area (Å²) in [6.07, 6.45) is 1.39. The lowest BCUT2D eigenvalue weighted by Gasteiger charge is -2.14. The van der Waals surface area contributed by atoms with Gasteiger partial charge in [-0.1, -0.05) is 6.07 Å². The van der Waals surface area contributed by atoms with Gasteiger partial charge in [0, 0.05) is 12.8 Å². The maximum absolute atomic E-state index is 11.9. The molecule has 12 heteroatoms. The molecule has 174 valence electrons. The van der Waals surface area contributed by atoms with Gasteiger partial charge in [-0.25, -0.2) is 0 Å². The molecule has 0 amide bonds. The Kier molecular flexibility index (Phi) is 20.0. The summed E-state index contributed by atoms with van der Waals surface area (Å²) in [5.74, 6) is -1.37. The summed E-state index contributed by atoms with van der Waals surface area (Å²) >= 11 is 0. The molecule has 1 aromatic rings. The first-order valence-corrected chi connectivity index (χ1v) is 8.69. The fourth-order valence-corrected chi connectivity index (χ4v) is 2.17. The Hall–Kier alpha value is -1.62. The molecule has 0 heterocycles. The number of ether oxygens (including phenoxy) is 3. The maximum atomic E-state index is 11.9. The molecule has 0 fully saturated rings. The normalized spacial score (nSPS) is 10.4. The van der Waals surface area contributed by atoms with E-state index in [1.165, 1.54) is 19.2 Å². The molecule has 0 aliphatic rings. The number of carbonyl (C=O) groups excluding carboxylic acids is 3. The summed E-state index contributed by atoms with van der Waals surface area (Å²) in [4.78, 5) is 35.3. The van der Waals surface area contributed by atoms with E-state index in [4.69, 9.17) is 26.7 Å². The fraction of sp³-hybridized carbons (Fsp3) is 0.500. The van der Waals surface area contributed by atoms with Crippen LogP contribution < -0.4 is 26.7 Å². The average molecular weight is 491 g/mol. The van der Waals surface area contributed by atoms with Crippen LogP contribution in [0.4, 0.5) is 0 Å². The summed E-state index contributed by atoms with van der Waals surface area (Å²) in [6, 6.07) is 3.76. The van der Waals surface area contributed by atoms with Gasteiger partial charge in [0.05, 0.1) is 7.11 Å². The van der Waals surface area contributed by atoms with Crippen LogP contribution in [0.15, 0.2) is 18.2 Å². The molecule has 1 unspecified atom stereocenters. The molecule has 1 aromatic carbocycles. The molecular weight excluding hydrogens is 461 g/mol. The van der Waals surface area contributed by atoms with Crippen molar-refractivity contribution in [1.82, 2.24) is 0 Å². The number of rotatable bonds is 11. The number of hydrogen-bond acceptors (Lipinski definition) is 9. The van der Waals surface area contributed by atoms with Crippen LogP contribution in [0.2, 0.25) is 0 Å². The van der Waals surface area contributed by atoms with Gasteiger partial charge in [0.15, 0.2) is 11.5 Å². The van der Waals surface area contributed by atoms with Crippen LogP contribution in [-0.2, 0) is 25.5 Å². The van der Waals surface area contributed by atoms with Crippen molar-refractivity contribution in [2.75, 3.05) is 20.2 Å². The molecule has 9 nitrogen and oxygen atoms in total.